The number of esters is 1. The first-order valence-corrected chi connectivity index (χ1v) is 8.45. The number of hydrogen-bond donors (Lipinski definition) is 1. The van der Waals surface area contributed by atoms with E-state index in [0.29, 0.717) is 12.0 Å². The van der Waals surface area contributed by atoms with E-state index >= 15 is 0 Å². The Bertz CT molecular complexity index is 673. The average Bonchev–Trinajstić information content (AvgIpc) is 2.55. The number of carbonyl (C=O) groups is 2. The van der Waals surface area contributed by atoms with Crippen LogP contribution in [-0.2, 0) is 16.0 Å². The standard InChI is InChI=1S/C18H18INO3/c1-2-23-18(22)16(12-13-8-4-3-5-9-13)20-17(21)14-10-6-7-11-15(14)19/h3-11,16H,2,12H2,1H3,(H,20,21). The van der Waals surface area contributed by atoms with Crippen molar-refractivity contribution in [2.75, 3.05) is 6.61 Å². The number of rotatable bonds is 6. The van der Waals surface area contributed by atoms with Crippen LogP contribution >= 0.6 is 22.6 Å². The number of amides is 1. The highest BCUT2D eigenvalue weighted by atomic mass is 127. The molecule has 0 fully saturated rings. The van der Waals surface area contributed by atoms with Crippen LogP contribution in [0.2, 0.25) is 0 Å². The Kier molecular flexibility index (Phi) is 6.58. The summed E-state index contributed by atoms with van der Waals surface area (Å²) in [4.78, 5) is 24.6. The van der Waals surface area contributed by atoms with Crippen molar-refractivity contribution in [3.05, 3.63) is 69.3 Å². The average molecular weight is 423 g/mol. The topological polar surface area (TPSA) is 55.4 Å². The third kappa shape index (κ3) is 5.06. The SMILES string of the molecule is CCOC(=O)C(Cc1ccccc1)NC(=O)c1ccccc1I. The molecule has 0 aromatic heterocycles. The van der Waals surface area contributed by atoms with Crippen LogP contribution < -0.4 is 5.32 Å². The van der Waals surface area contributed by atoms with Gasteiger partial charge >= 0.3 is 5.97 Å². The third-order valence-electron chi connectivity index (χ3n) is 3.28. The van der Waals surface area contributed by atoms with E-state index in [1.165, 1.54) is 0 Å². The molecule has 0 heterocycles. The smallest absolute Gasteiger partial charge is 0.328 e. The van der Waals surface area contributed by atoms with Crippen molar-refractivity contribution in [2.45, 2.75) is 19.4 Å². The molecule has 120 valence electrons. The van der Waals surface area contributed by atoms with Gasteiger partial charge in [0, 0.05) is 9.99 Å². The Morgan fingerprint density at radius 2 is 1.74 bits per heavy atom. The van der Waals surface area contributed by atoms with E-state index in [9.17, 15) is 9.59 Å². The van der Waals surface area contributed by atoms with Gasteiger partial charge in [0.1, 0.15) is 6.04 Å². The van der Waals surface area contributed by atoms with Crippen LogP contribution in [0.1, 0.15) is 22.8 Å². The highest BCUT2D eigenvalue weighted by molar-refractivity contribution is 14.1. The number of hydrogen-bond acceptors (Lipinski definition) is 3. The lowest BCUT2D eigenvalue weighted by Crippen LogP contribution is -2.43. The minimum Gasteiger partial charge on any atom is -0.464 e. The predicted octanol–water partition coefficient (Wildman–Crippen LogP) is 3.20. The first kappa shape index (κ1) is 17.5. The minimum atomic E-state index is -0.708. The van der Waals surface area contributed by atoms with Gasteiger partial charge in [-0.15, -0.1) is 0 Å². The molecule has 4 nitrogen and oxygen atoms in total. The van der Waals surface area contributed by atoms with Gasteiger partial charge in [-0.25, -0.2) is 4.79 Å². The van der Waals surface area contributed by atoms with Crippen LogP contribution in [0.25, 0.3) is 0 Å². The Balaban J connectivity index is 2.15. The van der Waals surface area contributed by atoms with E-state index < -0.39 is 12.0 Å². The van der Waals surface area contributed by atoms with E-state index in [2.05, 4.69) is 27.9 Å². The van der Waals surface area contributed by atoms with E-state index in [-0.39, 0.29) is 12.5 Å². The Morgan fingerprint density at radius 3 is 2.39 bits per heavy atom. The molecule has 0 aliphatic carbocycles. The molecule has 0 saturated carbocycles. The van der Waals surface area contributed by atoms with Crippen LogP contribution in [0.15, 0.2) is 54.6 Å². The Labute approximate surface area is 149 Å². The zero-order valence-corrected chi connectivity index (χ0v) is 14.9. The number of ether oxygens (including phenoxy) is 1. The first-order chi connectivity index (χ1) is 11.1. The molecule has 1 N–H and O–H groups in total. The zero-order valence-electron chi connectivity index (χ0n) is 12.8. The van der Waals surface area contributed by atoms with Crippen molar-refractivity contribution in [1.29, 1.82) is 0 Å². The summed E-state index contributed by atoms with van der Waals surface area (Å²) in [6, 6.07) is 16.1. The fourth-order valence-electron chi connectivity index (χ4n) is 2.17. The lowest BCUT2D eigenvalue weighted by molar-refractivity contribution is -0.145. The molecule has 0 aliphatic heterocycles. The highest BCUT2D eigenvalue weighted by Gasteiger charge is 2.23. The fourth-order valence-corrected chi connectivity index (χ4v) is 2.80. The maximum atomic E-state index is 12.5. The Hall–Kier alpha value is -1.89. The highest BCUT2D eigenvalue weighted by Crippen LogP contribution is 2.12. The molecule has 0 bridgehead atoms. The van der Waals surface area contributed by atoms with Gasteiger partial charge in [-0.1, -0.05) is 42.5 Å². The number of nitrogens with one attached hydrogen (secondary N) is 1. The molecule has 0 saturated heterocycles. The van der Waals surface area contributed by atoms with Gasteiger partial charge in [0.05, 0.1) is 12.2 Å². The normalized spacial score (nSPS) is 11.6. The molecule has 1 amide bonds. The van der Waals surface area contributed by atoms with Gasteiger partial charge in [0.15, 0.2) is 0 Å². The van der Waals surface area contributed by atoms with Gasteiger partial charge in [-0.2, -0.15) is 0 Å². The van der Waals surface area contributed by atoms with Gasteiger partial charge in [0.2, 0.25) is 0 Å². The van der Waals surface area contributed by atoms with E-state index in [1.807, 2.05) is 42.5 Å². The molecule has 0 radical (unpaired) electrons. The lowest BCUT2D eigenvalue weighted by Gasteiger charge is -2.18. The Morgan fingerprint density at radius 1 is 1.09 bits per heavy atom. The molecule has 2 aromatic carbocycles. The molecule has 1 unspecified atom stereocenters. The summed E-state index contributed by atoms with van der Waals surface area (Å²) in [7, 11) is 0. The summed E-state index contributed by atoms with van der Waals surface area (Å²) >= 11 is 2.10. The molecule has 2 rings (SSSR count). The number of benzene rings is 2. The summed E-state index contributed by atoms with van der Waals surface area (Å²) in [5.74, 6) is -0.695. The van der Waals surface area contributed by atoms with Crippen LogP contribution in [0.5, 0.6) is 0 Å². The molecular formula is C18H18INO3. The maximum absolute atomic E-state index is 12.5. The van der Waals surface area contributed by atoms with Crippen molar-refractivity contribution in [1.82, 2.24) is 5.32 Å². The molecule has 0 spiro atoms. The van der Waals surface area contributed by atoms with Crippen molar-refractivity contribution < 1.29 is 14.3 Å². The van der Waals surface area contributed by atoms with Crippen LogP contribution in [0.4, 0.5) is 0 Å². The van der Waals surface area contributed by atoms with Gasteiger partial charge in [-0.3, -0.25) is 4.79 Å². The molecule has 5 heteroatoms. The van der Waals surface area contributed by atoms with Gasteiger partial charge < -0.3 is 10.1 Å². The second kappa shape index (κ2) is 8.67. The van der Waals surface area contributed by atoms with Crippen LogP contribution in [-0.4, -0.2) is 24.5 Å². The monoisotopic (exact) mass is 423 g/mol. The van der Waals surface area contributed by atoms with E-state index in [0.717, 1.165) is 9.13 Å². The third-order valence-corrected chi connectivity index (χ3v) is 4.22. The quantitative estimate of drug-likeness (QED) is 0.574. The molecule has 23 heavy (non-hydrogen) atoms. The first-order valence-electron chi connectivity index (χ1n) is 7.37. The van der Waals surface area contributed by atoms with Crippen molar-refractivity contribution in [3.63, 3.8) is 0 Å². The minimum absolute atomic E-state index is 0.274. The molecular weight excluding hydrogens is 405 g/mol. The second-order valence-corrected chi connectivity index (χ2v) is 6.11. The maximum Gasteiger partial charge on any atom is 0.328 e. The summed E-state index contributed by atoms with van der Waals surface area (Å²) in [5.41, 5.74) is 1.52. The number of halogens is 1. The fraction of sp³-hybridized carbons (Fsp3) is 0.222. The largest absolute Gasteiger partial charge is 0.464 e. The van der Waals surface area contributed by atoms with Crippen molar-refractivity contribution in [2.24, 2.45) is 0 Å². The van der Waals surface area contributed by atoms with Gasteiger partial charge in [-0.05, 0) is 47.2 Å². The van der Waals surface area contributed by atoms with Crippen LogP contribution in [0.3, 0.4) is 0 Å². The predicted molar refractivity (Wildman–Crippen MR) is 97.2 cm³/mol. The van der Waals surface area contributed by atoms with E-state index in [1.54, 1.807) is 19.1 Å². The van der Waals surface area contributed by atoms with Crippen LogP contribution in [0, 0.1) is 3.57 Å². The van der Waals surface area contributed by atoms with Crippen molar-refractivity contribution >= 4 is 34.5 Å². The molecule has 0 aliphatic rings. The summed E-state index contributed by atoms with van der Waals surface area (Å²) in [6.07, 6.45) is 0.398. The summed E-state index contributed by atoms with van der Waals surface area (Å²) in [6.45, 7) is 2.03. The molecule has 2 aromatic rings. The number of carbonyl (C=O) groups excluding carboxylic acids is 2. The summed E-state index contributed by atoms with van der Waals surface area (Å²) < 4.78 is 5.93. The van der Waals surface area contributed by atoms with E-state index in [4.69, 9.17) is 4.74 Å². The molecule has 1 atom stereocenters. The van der Waals surface area contributed by atoms with Crippen molar-refractivity contribution in [3.8, 4) is 0 Å². The summed E-state index contributed by atoms with van der Waals surface area (Å²) in [5, 5.41) is 2.79. The zero-order chi connectivity index (χ0) is 16.7. The van der Waals surface area contributed by atoms with Gasteiger partial charge in [0.25, 0.3) is 5.91 Å². The second-order valence-electron chi connectivity index (χ2n) is 4.95. The lowest BCUT2D eigenvalue weighted by atomic mass is 10.1.